The van der Waals surface area contributed by atoms with Gasteiger partial charge in [0.1, 0.15) is 0 Å². The van der Waals surface area contributed by atoms with Gasteiger partial charge in [0.15, 0.2) is 0 Å². The first kappa shape index (κ1) is 28.2. The van der Waals surface area contributed by atoms with Gasteiger partial charge in [0.2, 0.25) is 0 Å². The van der Waals surface area contributed by atoms with E-state index in [9.17, 15) is 0 Å². The van der Waals surface area contributed by atoms with E-state index in [0.717, 1.165) is 19.2 Å². The number of hydrogen-bond acceptors (Lipinski definition) is 1. The van der Waals surface area contributed by atoms with Gasteiger partial charge in [0.05, 0.1) is 0 Å². The monoisotopic (exact) mass is 560 g/mol. The van der Waals surface area contributed by atoms with Gasteiger partial charge in [-0.2, -0.15) is 0 Å². The molecule has 5 aromatic carbocycles. The normalized spacial score (nSPS) is 12.7. The second-order valence-electron chi connectivity index (χ2n) is 11.6. The van der Waals surface area contributed by atoms with Crippen molar-refractivity contribution in [2.75, 3.05) is 12.8 Å². The Morgan fingerprint density at radius 2 is 0.825 bits per heavy atom. The zero-order valence-corrected chi connectivity index (χ0v) is 26.0. The van der Waals surface area contributed by atoms with Crippen molar-refractivity contribution in [3.8, 4) is 0 Å². The summed E-state index contributed by atoms with van der Waals surface area (Å²) < 4.78 is 7.33. The Morgan fingerprint density at radius 1 is 0.500 bits per heavy atom. The minimum atomic E-state index is -2.57. The molecule has 5 aromatic rings. The van der Waals surface area contributed by atoms with Crippen molar-refractivity contribution in [3.05, 3.63) is 152 Å². The summed E-state index contributed by atoms with van der Waals surface area (Å²) in [7, 11) is -4.86. The van der Waals surface area contributed by atoms with Crippen molar-refractivity contribution in [2.45, 2.75) is 32.2 Å². The van der Waals surface area contributed by atoms with Crippen LogP contribution in [0.5, 0.6) is 0 Å². The summed E-state index contributed by atoms with van der Waals surface area (Å²) in [5.41, 5.74) is 0. The standard InChI is InChI=1S/C37H41OPSi/c1-37(2,3)40(35-26-15-7-16-27-35,36-28-17-8-18-29-36)38-30-19-31-39(32-20-9-4-10-21-32,33-22-11-5-12-23-33)34-24-13-6-14-25-34/h4-18,20-29,39H,19,30-31H2,1-3H3. The van der Waals surface area contributed by atoms with Gasteiger partial charge in [0.25, 0.3) is 0 Å². The van der Waals surface area contributed by atoms with Crippen LogP contribution in [0.25, 0.3) is 0 Å². The third-order valence-corrected chi connectivity index (χ3v) is 18.3. The number of hydrogen-bond donors (Lipinski definition) is 0. The second-order valence-corrected chi connectivity index (χ2v) is 20.0. The SMILES string of the molecule is CC(C)(C)[Si](OCCC[PH](c1ccccc1)(c1ccccc1)c1ccccc1)(c1ccccc1)c1ccccc1. The van der Waals surface area contributed by atoms with E-state index in [4.69, 9.17) is 4.43 Å². The van der Waals surface area contributed by atoms with E-state index in [-0.39, 0.29) is 5.04 Å². The van der Waals surface area contributed by atoms with Crippen molar-refractivity contribution in [1.82, 2.24) is 0 Å². The third-order valence-electron chi connectivity index (χ3n) is 8.23. The van der Waals surface area contributed by atoms with E-state index < -0.39 is 15.6 Å². The molecule has 0 bridgehead atoms. The zero-order valence-electron chi connectivity index (χ0n) is 24.0. The van der Waals surface area contributed by atoms with E-state index in [1.807, 2.05) is 0 Å². The molecule has 40 heavy (non-hydrogen) atoms. The first-order valence-corrected chi connectivity index (χ1v) is 18.5. The molecule has 0 aliphatic carbocycles. The summed E-state index contributed by atoms with van der Waals surface area (Å²) in [5, 5.41) is 7.02. The Labute approximate surface area is 242 Å². The molecule has 0 heterocycles. The molecule has 204 valence electrons. The molecule has 0 saturated heterocycles. The summed E-state index contributed by atoms with van der Waals surface area (Å²) in [6.07, 6.45) is 2.08. The number of rotatable bonds is 10. The molecule has 0 aliphatic heterocycles. The van der Waals surface area contributed by atoms with Crippen molar-refractivity contribution in [2.24, 2.45) is 0 Å². The van der Waals surface area contributed by atoms with E-state index in [0.29, 0.717) is 0 Å². The minimum absolute atomic E-state index is 0.0253. The summed E-state index contributed by atoms with van der Waals surface area (Å²) in [4.78, 5) is 0. The van der Waals surface area contributed by atoms with Crippen LogP contribution >= 0.6 is 7.26 Å². The van der Waals surface area contributed by atoms with Gasteiger partial charge >= 0.3 is 243 Å². The quantitative estimate of drug-likeness (QED) is 0.105. The fourth-order valence-electron chi connectivity index (χ4n) is 6.43. The molecule has 0 saturated carbocycles. The molecule has 0 radical (unpaired) electrons. The van der Waals surface area contributed by atoms with Gasteiger partial charge in [-0.15, -0.1) is 0 Å². The van der Waals surface area contributed by atoms with Crippen LogP contribution in [0.15, 0.2) is 152 Å². The summed E-state index contributed by atoms with van der Waals surface area (Å²) in [6.45, 7) is 7.80. The van der Waals surface area contributed by atoms with Crippen LogP contribution in [0.3, 0.4) is 0 Å². The topological polar surface area (TPSA) is 9.23 Å². The van der Waals surface area contributed by atoms with Crippen molar-refractivity contribution in [1.29, 1.82) is 0 Å². The average Bonchev–Trinajstić information content (AvgIpc) is 3.01. The summed E-state index contributed by atoms with van der Waals surface area (Å²) in [5.74, 6) is 0. The van der Waals surface area contributed by atoms with Gasteiger partial charge in [-0.1, -0.05) is 0 Å². The van der Waals surface area contributed by atoms with Gasteiger partial charge in [-0.3, -0.25) is 0 Å². The summed E-state index contributed by atoms with van der Waals surface area (Å²) >= 11 is 0. The second kappa shape index (κ2) is 12.5. The first-order valence-electron chi connectivity index (χ1n) is 14.4. The Balaban J connectivity index is 1.54. The van der Waals surface area contributed by atoms with Crippen LogP contribution in [0.1, 0.15) is 27.2 Å². The van der Waals surface area contributed by atoms with Crippen LogP contribution in [0, 0.1) is 0 Å². The van der Waals surface area contributed by atoms with E-state index in [1.54, 1.807) is 0 Å². The Kier molecular flexibility index (Phi) is 8.81. The molecule has 3 heteroatoms. The molecular formula is C37H41OPSi. The van der Waals surface area contributed by atoms with Crippen molar-refractivity contribution < 1.29 is 4.43 Å². The Bertz CT molecular complexity index is 1310. The van der Waals surface area contributed by atoms with Crippen LogP contribution in [-0.2, 0) is 4.43 Å². The van der Waals surface area contributed by atoms with Crippen LogP contribution in [-0.4, -0.2) is 21.1 Å². The van der Waals surface area contributed by atoms with Crippen LogP contribution in [0.4, 0.5) is 0 Å². The molecule has 0 N–H and O–H groups in total. The fourth-order valence-corrected chi connectivity index (χ4v) is 15.9. The molecule has 0 aliphatic rings. The van der Waals surface area contributed by atoms with Gasteiger partial charge < -0.3 is 0 Å². The summed E-state index contributed by atoms with van der Waals surface area (Å²) in [6, 6.07) is 55.6. The predicted molar refractivity (Wildman–Crippen MR) is 180 cm³/mol. The molecule has 0 unspecified atom stereocenters. The zero-order chi connectivity index (χ0) is 27.9. The molecular weight excluding hydrogens is 519 g/mol. The van der Waals surface area contributed by atoms with Crippen molar-refractivity contribution >= 4 is 41.9 Å². The fraction of sp³-hybridized carbons (Fsp3) is 0.189. The number of benzene rings is 5. The Hall–Kier alpha value is -3.29. The molecule has 0 fully saturated rings. The predicted octanol–water partition coefficient (Wildman–Crippen LogP) is 6.68. The maximum atomic E-state index is 7.33. The van der Waals surface area contributed by atoms with Crippen LogP contribution < -0.4 is 26.3 Å². The van der Waals surface area contributed by atoms with Gasteiger partial charge in [-0.25, -0.2) is 0 Å². The third kappa shape index (κ3) is 5.50. The average molecular weight is 561 g/mol. The molecule has 0 atom stereocenters. The van der Waals surface area contributed by atoms with Crippen LogP contribution in [0.2, 0.25) is 5.04 Å². The van der Waals surface area contributed by atoms with Gasteiger partial charge in [-0.05, 0) is 0 Å². The van der Waals surface area contributed by atoms with E-state index in [1.165, 1.54) is 26.3 Å². The molecule has 1 nitrogen and oxygen atoms in total. The Morgan fingerprint density at radius 3 is 1.15 bits per heavy atom. The first-order chi connectivity index (χ1) is 19.5. The van der Waals surface area contributed by atoms with Crippen molar-refractivity contribution in [3.63, 3.8) is 0 Å². The van der Waals surface area contributed by atoms with E-state index >= 15 is 0 Å². The molecule has 0 spiro atoms. The molecule has 5 rings (SSSR count). The molecule has 0 amide bonds. The van der Waals surface area contributed by atoms with E-state index in [2.05, 4.69) is 172 Å². The van der Waals surface area contributed by atoms with Gasteiger partial charge in [0, 0.05) is 0 Å². The maximum absolute atomic E-state index is 7.33. The molecule has 0 aromatic heterocycles.